The van der Waals surface area contributed by atoms with Crippen molar-refractivity contribution in [1.29, 1.82) is 0 Å². The molecule has 0 aliphatic carbocycles. The van der Waals surface area contributed by atoms with E-state index in [0.717, 1.165) is 11.1 Å². The summed E-state index contributed by atoms with van der Waals surface area (Å²) < 4.78 is 4.99. The molecule has 2 aromatic carbocycles. The number of nitrogens with one attached hydrogen (secondary N) is 1. The smallest absolute Gasteiger partial charge is 0.310 e. The molecule has 1 amide bonds. The summed E-state index contributed by atoms with van der Waals surface area (Å²) in [6.45, 7) is 3.54. The summed E-state index contributed by atoms with van der Waals surface area (Å²) in [6, 6.07) is 10.5. The molecule has 0 aliphatic heterocycles. The van der Waals surface area contributed by atoms with Crippen LogP contribution in [0.15, 0.2) is 36.4 Å². The fourth-order valence-electron chi connectivity index (χ4n) is 2.09. The van der Waals surface area contributed by atoms with Gasteiger partial charge in [0.05, 0.1) is 16.5 Å². The van der Waals surface area contributed by atoms with Gasteiger partial charge >= 0.3 is 5.97 Å². The van der Waals surface area contributed by atoms with Crippen molar-refractivity contribution in [2.24, 2.45) is 0 Å². The van der Waals surface area contributed by atoms with Gasteiger partial charge in [-0.25, -0.2) is 0 Å². The average Bonchev–Trinajstić information content (AvgIpc) is 2.53. The molecular weight excluding hydrogens is 349 g/mol. The highest BCUT2D eigenvalue weighted by Crippen LogP contribution is 2.23. The Hall–Kier alpha value is -2.04. The largest absolute Gasteiger partial charge is 0.455 e. The number of amides is 1. The van der Waals surface area contributed by atoms with E-state index in [0.29, 0.717) is 21.3 Å². The maximum absolute atomic E-state index is 11.9. The standard InChI is InChI=1S/C18H17Cl2NO3/c1-11-4-3-5-16(12(11)2)21-17(22)10-24-18(23)9-13-6-7-14(19)15(20)8-13/h3-8H,9-10H2,1-2H3,(H,21,22). The number of hydrogen-bond acceptors (Lipinski definition) is 3. The number of esters is 1. The molecule has 0 radical (unpaired) electrons. The first-order valence-electron chi connectivity index (χ1n) is 7.32. The predicted octanol–water partition coefficient (Wildman–Crippen LogP) is 4.33. The molecule has 0 atom stereocenters. The lowest BCUT2D eigenvalue weighted by Crippen LogP contribution is -2.22. The molecule has 0 unspecified atom stereocenters. The maximum atomic E-state index is 11.9. The second kappa shape index (κ2) is 8.18. The Morgan fingerprint density at radius 3 is 2.54 bits per heavy atom. The van der Waals surface area contributed by atoms with Gasteiger partial charge in [-0.3, -0.25) is 9.59 Å². The number of rotatable bonds is 5. The van der Waals surface area contributed by atoms with Gasteiger partial charge in [-0.1, -0.05) is 41.4 Å². The number of aryl methyl sites for hydroxylation is 1. The summed E-state index contributed by atoms with van der Waals surface area (Å²) in [4.78, 5) is 23.7. The summed E-state index contributed by atoms with van der Waals surface area (Å²) in [6.07, 6.45) is 0.0215. The van der Waals surface area contributed by atoms with Crippen LogP contribution in [-0.2, 0) is 20.7 Å². The van der Waals surface area contributed by atoms with Crippen LogP contribution in [0.5, 0.6) is 0 Å². The quantitative estimate of drug-likeness (QED) is 0.802. The van der Waals surface area contributed by atoms with Crippen molar-refractivity contribution < 1.29 is 14.3 Å². The van der Waals surface area contributed by atoms with Crippen LogP contribution >= 0.6 is 23.2 Å². The Morgan fingerprint density at radius 2 is 1.83 bits per heavy atom. The van der Waals surface area contributed by atoms with Crippen molar-refractivity contribution in [2.75, 3.05) is 11.9 Å². The van der Waals surface area contributed by atoms with E-state index in [-0.39, 0.29) is 18.9 Å². The number of halogens is 2. The molecule has 0 heterocycles. The van der Waals surface area contributed by atoms with Gasteiger partial charge in [-0.15, -0.1) is 0 Å². The lowest BCUT2D eigenvalue weighted by Gasteiger charge is -2.10. The minimum absolute atomic E-state index is 0.0215. The van der Waals surface area contributed by atoms with Crippen molar-refractivity contribution in [2.45, 2.75) is 20.3 Å². The van der Waals surface area contributed by atoms with Crippen molar-refractivity contribution in [3.05, 3.63) is 63.1 Å². The summed E-state index contributed by atoms with van der Waals surface area (Å²) in [7, 11) is 0. The van der Waals surface area contributed by atoms with Gasteiger partial charge in [-0.2, -0.15) is 0 Å². The second-order valence-electron chi connectivity index (χ2n) is 5.38. The van der Waals surface area contributed by atoms with Crippen molar-refractivity contribution >= 4 is 40.8 Å². The van der Waals surface area contributed by atoms with Gasteiger partial charge in [0.2, 0.25) is 0 Å². The molecule has 2 rings (SSSR count). The van der Waals surface area contributed by atoms with Crippen molar-refractivity contribution in [3.8, 4) is 0 Å². The van der Waals surface area contributed by atoms with E-state index in [4.69, 9.17) is 27.9 Å². The van der Waals surface area contributed by atoms with Crippen LogP contribution in [0.4, 0.5) is 5.69 Å². The Bertz CT molecular complexity index is 775. The van der Waals surface area contributed by atoms with E-state index in [2.05, 4.69) is 5.32 Å². The van der Waals surface area contributed by atoms with E-state index in [1.807, 2.05) is 26.0 Å². The summed E-state index contributed by atoms with van der Waals surface area (Å²) in [5.41, 5.74) is 3.43. The topological polar surface area (TPSA) is 55.4 Å². The first-order valence-corrected chi connectivity index (χ1v) is 8.08. The van der Waals surface area contributed by atoms with Crippen LogP contribution in [-0.4, -0.2) is 18.5 Å². The normalized spacial score (nSPS) is 10.3. The lowest BCUT2D eigenvalue weighted by molar-refractivity contribution is -0.146. The molecule has 126 valence electrons. The first-order chi connectivity index (χ1) is 11.4. The third-order valence-electron chi connectivity index (χ3n) is 3.58. The number of carbonyl (C=O) groups excluding carboxylic acids is 2. The van der Waals surface area contributed by atoms with Crippen LogP contribution in [0.3, 0.4) is 0 Å². The number of benzene rings is 2. The predicted molar refractivity (Wildman–Crippen MR) is 95.7 cm³/mol. The monoisotopic (exact) mass is 365 g/mol. The molecule has 24 heavy (non-hydrogen) atoms. The van der Waals surface area contributed by atoms with Crippen LogP contribution in [0.2, 0.25) is 10.0 Å². The maximum Gasteiger partial charge on any atom is 0.310 e. The third-order valence-corrected chi connectivity index (χ3v) is 4.31. The van der Waals surface area contributed by atoms with Gasteiger partial charge in [0.1, 0.15) is 0 Å². The van der Waals surface area contributed by atoms with Gasteiger partial charge in [0, 0.05) is 5.69 Å². The molecular formula is C18H17Cl2NO3. The lowest BCUT2D eigenvalue weighted by atomic mass is 10.1. The Balaban J connectivity index is 1.86. The van der Waals surface area contributed by atoms with Crippen molar-refractivity contribution in [3.63, 3.8) is 0 Å². The van der Waals surface area contributed by atoms with Crippen LogP contribution in [0.1, 0.15) is 16.7 Å². The Morgan fingerprint density at radius 1 is 1.08 bits per heavy atom. The van der Waals surface area contributed by atoms with E-state index in [1.165, 1.54) is 0 Å². The second-order valence-corrected chi connectivity index (χ2v) is 6.20. The number of carbonyl (C=O) groups is 2. The summed E-state index contributed by atoms with van der Waals surface area (Å²) in [5, 5.41) is 3.52. The number of hydrogen-bond donors (Lipinski definition) is 1. The molecule has 0 fully saturated rings. The molecule has 0 aromatic heterocycles. The molecule has 0 saturated carbocycles. The summed E-state index contributed by atoms with van der Waals surface area (Å²) >= 11 is 11.7. The molecule has 6 heteroatoms. The van der Waals surface area contributed by atoms with Gasteiger partial charge in [-0.05, 0) is 48.7 Å². The molecule has 0 saturated heterocycles. The fourth-order valence-corrected chi connectivity index (χ4v) is 2.41. The van der Waals surface area contributed by atoms with E-state index >= 15 is 0 Å². The minimum atomic E-state index is -0.510. The molecule has 0 aliphatic rings. The molecule has 4 nitrogen and oxygen atoms in total. The molecule has 0 spiro atoms. The highest BCUT2D eigenvalue weighted by Gasteiger charge is 2.11. The SMILES string of the molecule is Cc1cccc(NC(=O)COC(=O)Cc2ccc(Cl)c(Cl)c2)c1C. The Labute approximate surface area is 150 Å². The van der Waals surface area contributed by atoms with Gasteiger partial charge in [0.15, 0.2) is 6.61 Å². The highest BCUT2D eigenvalue weighted by molar-refractivity contribution is 6.42. The molecule has 1 N–H and O–H groups in total. The van der Waals surface area contributed by atoms with E-state index < -0.39 is 5.97 Å². The van der Waals surface area contributed by atoms with Gasteiger partial charge < -0.3 is 10.1 Å². The van der Waals surface area contributed by atoms with Crippen LogP contribution < -0.4 is 5.32 Å². The van der Waals surface area contributed by atoms with Crippen LogP contribution in [0, 0.1) is 13.8 Å². The van der Waals surface area contributed by atoms with Crippen LogP contribution in [0.25, 0.3) is 0 Å². The van der Waals surface area contributed by atoms with Gasteiger partial charge in [0.25, 0.3) is 5.91 Å². The van der Waals surface area contributed by atoms with Crippen molar-refractivity contribution in [1.82, 2.24) is 0 Å². The first kappa shape index (κ1) is 18.3. The highest BCUT2D eigenvalue weighted by atomic mass is 35.5. The zero-order chi connectivity index (χ0) is 17.7. The number of anilines is 1. The molecule has 0 bridgehead atoms. The van der Waals surface area contributed by atoms with E-state index in [1.54, 1.807) is 24.3 Å². The zero-order valence-corrected chi connectivity index (χ0v) is 14.9. The fraction of sp³-hybridized carbons (Fsp3) is 0.222. The zero-order valence-electron chi connectivity index (χ0n) is 13.4. The summed E-state index contributed by atoms with van der Waals surface area (Å²) in [5.74, 6) is -0.893. The average molecular weight is 366 g/mol. The molecule has 2 aromatic rings. The third kappa shape index (κ3) is 4.98. The van der Waals surface area contributed by atoms with E-state index in [9.17, 15) is 9.59 Å². The Kier molecular flexibility index (Phi) is 6.23. The minimum Gasteiger partial charge on any atom is -0.455 e. The number of ether oxygens (including phenoxy) is 1.